The molecule has 1 aliphatic rings. The number of benzene rings is 1. The van der Waals surface area contributed by atoms with Gasteiger partial charge in [-0.2, -0.15) is 13.2 Å². The second-order valence-corrected chi connectivity index (χ2v) is 6.32. The smallest absolute Gasteiger partial charge is 0.370 e. The number of hydrogen-bond donors (Lipinski definition) is 2. The van der Waals surface area contributed by atoms with Crippen molar-refractivity contribution >= 4 is 17.4 Å². The second kappa shape index (κ2) is 6.99. The van der Waals surface area contributed by atoms with Crippen LogP contribution in [0.25, 0.3) is 0 Å². The normalized spacial score (nSPS) is 21.0. The summed E-state index contributed by atoms with van der Waals surface area (Å²) in [6.07, 6.45) is -3.51. The van der Waals surface area contributed by atoms with Gasteiger partial charge >= 0.3 is 6.18 Å². The maximum absolute atomic E-state index is 12.5. The van der Waals surface area contributed by atoms with Crippen LogP contribution in [0, 0.1) is 5.92 Å². The molecule has 3 nitrogen and oxygen atoms in total. The zero-order valence-corrected chi connectivity index (χ0v) is 13.5. The van der Waals surface area contributed by atoms with Crippen LogP contribution in [0.3, 0.4) is 0 Å². The summed E-state index contributed by atoms with van der Waals surface area (Å²) in [6, 6.07) is 10.2. The van der Waals surface area contributed by atoms with Gasteiger partial charge in [0, 0.05) is 36.8 Å². The first kappa shape index (κ1) is 17.0. The third kappa shape index (κ3) is 3.99. The summed E-state index contributed by atoms with van der Waals surface area (Å²) in [6.45, 7) is 2.36. The Hall–Kier alpha value is -1.79. The molecule has 2 heterocycles. The predicted octanol–water partition coefficient (Wildman–Crippen LogP) is 4.17. The van der Waals surface area contributed by atoms with Gasteiger partial charge in [-0.1, -0.05) is 23.7 Å². The molecule has 1 aliphatic heterocycles. The Bertz CT molecular complexity index is 671. The third-order valence-electron chi connectivity index (χ3n) is 4.27. The van der Waals surface area contributed by atoms with E-state index in [1.165, 1.54) is 11.6 Å². The Morgan fingerprint density at radius 1 is 1.12 bits per heavy atom. The van der Waals surface area contributed by atoms with Crippen molar-refractivity contribution < 1.29 is 13.2 Å². The van der Waals surface area contributed by atoms with Crippen molar-refractivity contribution in [1.29, 1.82) is 0 Å². The molecule has 0 amide bonds. The topological polar surface area (TPSA) is 37.0 Å². The van der Waals surface area contributed by atoms with Crippen LogP contribution < -0.4 is 10.6 Å². The summed E-state index contributed by atoms with van der Waals surface area (Å²) in [5, 5.41) is 7.19. The molecule has 0 saturated carbocycles. The quantitative estimate of drug-likeness (QED) is 0.864. The number of aromatic nitrogens is 1. The average Bonchev–Trinajstić information content (AvgIpc) is 3.02. The molecule has 1 aromatic heterocycles. The molecule has 3 rings (SSSR count). The second-order valence-electron chi connectivity index (χ2n) is 5.89. The van der Waals surface area contributed by atoms with Crippen molar-refractivity contribution in [1.82, 2.24) is 10.3 Å². The number of halogens is 4. The molecule has 24 heavy (non-hydrogen) atoms. The lowest BCUT2D eigenvalue weighted by Crippen LogP contribution is -2.21. The zero-order valence-electron chi connectivity index (χ0n) is 12.8. The first-order valence-corrected chi connectivity index (χ1v) is 8.04. The number of nitrogens with one attached hydrogen (secondary N) is 2. The number of pyridine rings is 1. The number of alkyl halides is 3. The van der Waals surface area contributed by atoms with Gasteiger partial charge < -0.3 is 10.6 Å². The Labute approximate surface area is 143 Å². The van der Waals surface area contributed by atoms with E-state index in [4.69, 9.17) is 11.6 Å². The minimum atomic E-state index is -4.36. The van der Waals surface area contributed by atoms with E-state index in [0.717, 1.165) is 25.4 Å². The van der Waals surface area contributed by atoms with Crippen LogP contribution in [0.1, 0.15) is 17.0 Å². The van der Waals surface area contributed by atoms with E-state index >= 15 is 0 Å². The molecule has 2 aromatic rings. The molecular formula is C17H17ClF3N3. The highest BCUT2D eigenvalue weighted by atomic mass is 35.5. The molecule has 1 fully saturated rings. The fourth-order valence-electron chi connectivity index (χ4n) is 2.95. The van der Waals surface area contributed by atoms with Crippen LogP contribution in [0.2, 0.25) is 5.02 Å². The first-order chi connectivity index (χ1) is 11.4. The molecule has 7 heteroatoms. The summed E-state index contributed by atoms with van der Waals surface area (Å²) >= 11 is 5.92. The molecular weight excluding hydrogens is 339 g/mol. The first-order valence-electron chi connectivity index (χ1n) is 7.67. The molecule has 1 saturated heterocycles. The van der Waals surface area contributed by atoms with Gasteiger partial charge in [0.1, 0.15) is 5.82 Å². The molecule has 128 valence electrons. The van der Waals surface area contributed by atoms with Crippen LogP contribution in [-0.2, 0) is 6.18 Å². The lowest BCUT2D eigenvalue weighted by Gasteiger charge is -2.20. The average molecular weight is 356 g/mol. The zero-order chi connectivity index (χ0) is 17.2. The van der Waals surface area contributed by atoms with E-state index < -0.39 is 11.7 Å². The SMILES string of the molecule is FC(F)(F)c1ccc(NCC2CNCC2c2ccc(Cl)cc2)nc1. The van der Waals surface area contributed by atoms with Crippen molar-refractivity contribution in [2.45, 2.75) is 12.1 Å². The van der Waals surface area contributed by atoms with Gasteiger partial charge in [0.2, 0.25) is 0 Å². The van der Waals surface area contributed by atoms with Gasteiger partial charge in [-0.3, -0.25) is 0 Å². The monoisotopic (exact) mass is 355 g/mol. The largest absolute Gasteiger partial charge is 0.417 e. The van der Waals surface area contributed by atoms with Crippen molar-refractivity contribution in [2.75, 3.05) is 25.0 Å². The lowest BCUT2D eigenvalue weighted by atomic mass is 9.89. The van der Waals surface area contributed by atoms with Crippen LogP contribution in [0.5, 0.6) is 0 Å². The van der Waals surface area contributed by atoms with E-state index in [0.29, 0.717) is 29.2 Å². The van der Waals surface area contributed by atoms with E-state index in [1.54, 1.807) is 0 Å². The molecule has 2 atom stereocenters. The Morgan fingerprint density at radius 3 is 2.50 bits per heavy atom. The summed E-state index contributed by atoms with van der Waals surface area (Å²) in [5.74, 6) is 1.12. The molecule has 0 radical (unpaired) electrons. The van der Waals surface area contributed by atoms with Crippen LogP contribution in [-0.4, -0.2) is 24.6 Å². The summed E-state index contributed by atoms with van der Waals surface area (Å²) in [7, 11) is 0. The van der Waals surface area contributed by atoms with Crippen LogP contribution in [0.4, 0.5) is 19.0 Å². The van der Waals surface area contributed by atoms with E-state index in [2.05, 4.69) is 15.6 Å². The highest BCUT2D eigenvalue weighted by molar-refractivity contribution is 6.30. The number of rotatable bonds is 4. The summed E-state index contributed by atoms with van der Waals surface area (Å²) in [4.78, 5) is 3.85. The van der Waals surface area contributed by atoms with Gasteiger partial charge in [0.05, 0.1) is 5.56 Å². The standard InChI is InChI=1S/C17H17ClF3N3/c18-14-4-1-11(2-5-14)15-10-22-7-12(15)8-23-16-6-3-13(9-24-16)17(19,20)21/h1-6,9,12,15,22H,7-8,10H2,(H,23,24). The Kier molecular flexibility index (Phi) is 4.96. The minimum absolute atomic E-state index is 0.329. The molecule has 0 aliphatic carbocycles. The van der Waals surface area contributed by atoms with Gasteiger partial charge in [-0.05, 0) is 35.7 Å². The van der Waals surface area contributed by atoms with Gasteiger partial charge in [0.25, 0.3) is 0 Å². The fourth-order valence-corrected chi connectivity index (χ4v) is 3.08. The predicted molar refractivity (Wildman–Crippen MR) is 88.3 cm³/mol. The summed E-state index contributed by atoms with van der Waals surface area (Å²) < 4.78 is 37.6. The number of nitrogens with zero attached hydrogens (tertiary/aromatic N) is 1. The van der Waals surface area contributed by atoms with Gasteiger partial charge in [-0.25, -0.2) is 4.98 Å². The maximum Gasteiger partial charge on any atom is 0.417 e. The molecule has 0 spiro atoms. The minimum Gasteiger partial charge on any atom is -0.370 e. The van der Waals surface area contributed by atoms with Gasteiger partial charge in [0.15, 0.2) is 0 Å². The van der Waals surface area contributed by atoms with Crippen molar-refractivity contribution in [3.05, 3.63) is 58.7 Å². The van der Waals surface area contributed by atoms with E-state index in [9.17, 15) is 13.2 Å². The van der Waals surface area contributed by atoms with Gasteiger partial charge in [-0.15, -0.1) is 0 Å². The summed E-state index contributed by atoms with van der Waals surface area (Å²) in [5.41, 5.74) is 0.464. The highest BCUT2D eigenvalue weighted by Crippen LogP contribution is 2.30. The molecule has 0 bridgehead atoms. The van der Waals surface area contributed by atoms with Crippen molar-refractivity contribution in [3.63, 3.8) is 0 Å². The van der Waals surface area contributed by atoms with Crippen molar-refractivity contribution in [2.24, 2.45) is 5.92 Å². The molecule has 2 unspecified atom stereocenters. The van der Waals surface area contributed by atoms with E-state index in [-0.39, 0.29) is 0 Å². The number of hydrogen-bond acceptors (Lipinski definition) is 3. The molecule has 1 aromatic carbocycles. The fraction of sp³-hybridized carbons (Fsp3) is 0.353. The van der Waals surface area contributed by atoms with E-state index in [1.807, 2.05) is 24.3 Å². The van der Waals surface area contributed by atoms with Crippen LogP contribution >= 0.6 is 11.6 Å². The number of anilines is 1. The maximum atomic E-state index is 12.5. The highest BCUT2D eigenvalue weighted by Gasteiger charge is 2.31. The Balaban J connectivity index is 1.62. The van der Waals surface area contributed by atoms with Crippen LogP contribution in [0.15, 0.2) is 42.6 Å². The Morgan fingerprint density at radius 2 is 1.88 bits per heavy atom. The molecule has 2 N–H and O–H groups in total. The third-order valence-corrected chi connectivity index (χ3v) is 4.53. The van der Waals surface area contributed by atoms with Crippen molar-refractivity contribution in [3.8, 4) is 0 Å². The lowest BCUT2D eigenvalue weighted by molar-refractivity contribution is -0.137.